The summed E-state index contributed by atoms with van der Waals surface area (Å²) >= 11 is 12.6. The summed E-state index contributed by atoms with van der Waals surface area (Å²) in [6.07, 6.45) is -0.107. The molecule has 0 bridgehead atoms. The first-order valence-electron chi connectivity index (χ1n) is 7.16. The number of hydrogen-bond acceptors (Lipinski definition) is 7. The molecule has 2 heterocycles. The lowest BCUT2D eigenvalue weighted by Crippen LogP contribution is -2.56. The largest absolute Gasteiger partial charge is 0.463 e. The zero-order valence-corrected chi connectivity index (χ0v) is 14.9. The lowest BCUT2D eigenvalue weighted by molar-refractivity contribution is -0.167. The Morgan fingerprint density at radius 1 is 1.40 bits per heavy atom. The van der Waals surface area contributed by atoms with Gasteiger partial charge < -0.3 is 14.2 Å². The maximum absolute atomic E-state index is 12.1. The van der Waals surface area contributed by atoms with Crippen LogP contribution in [-0.4, -0.2) is 52.3 Å². The van der Waals surface area contributed by atoms with Crippen LogP contribution < -0.4 is 11.2 Å². The van der Waals surface area contributed by atoms with Crippen LogP contribution in [0.4, 0.5) is 0 Å². The summed E-state index contributed by atoms with van der Waals surface area (Å²) < 4.78 is 16.9. The fourth-order valence-electron chi connectivity index (χ4n) is 2.56. The highest BCUT2D eigenvalue weighted by atomic mass is 35.5. The number of carbonyl (C=O) groups excluding carboxylic acids is 2. The Balaban J connectivity index is 2.53. The Morgan fingerprint density at radius 3 is 2.60 bits per heavy atom. The van der Waals surface area contributed by atoms with E-state index in [0.29, 0.717) is 0 Å². The molecule has 11 heteroatoms. The Bertz CT molecular complexity index is 792. The van der Waals surface area contributed by atoms with Crippen molar-refractivity contribution in [3.8, 4) is 0 Å². The van der Waals surface area contributed by atoms with Gasteiger partial charge in [0.1, 0.15) is 6.61 Å². The molecule has 0 aliphatic carbocycles. The van der Waals surface area contributed by atoms with Crippen molar-refractivity contribution in [1.82, 2.24) is 9.55 Å². The van der Waals surface area contributed by atoms with Crippen molar-refractivity contribution in [1.29, 1.82) is 0 Å². The lowest BCUT2D eigenvalue weighted by Gasteiger charge is -2.36. The van der Waals surface area contributed by atoms with Gasteiger partial charge in [-0.2, -0.15) is 0 Å². The van der Waals surface area contributed by atoms with E-state index in [1.807, 2.05) is 0 Å². The van der Waals surface area contributed by atoms with Gasteiger partial charge in [-0.25, -0.2) is 4.79 Å². The molecule has 1 saturated heterocycles. The summed E-state index contributed by atoms with van der Waals surface area (Å²) in [5, 5.41) is 0. The highest BCUT2D eigenvalue weighted by molar-refractivity contribution is 6.23. The van der Waals surface area contributed by atoms with Gasteiger partial charge >= 0.3 is 17.6 Å². The molecule has 0 radical (unpaired) electrons. The molecule has 0 saturated carbocycles. The highest BCUT2D eigenvalue weighted by Gasteiger charge is 2.62. The molecule has 0 spiro atoms. The van der Waals surface area contributed by atoms with Gasteiger partial charge in [-0.1, -0.05) is 11.6 Å². The third-order valence-electron chi connectivity index (χ3n) is 3.70. The minimum atomic E-state index is -1.69. The third kappa shape index (κ3) is 3.73. The molecule has 1 aromatic rings. The summed E-state index contributed by atoms with van der Waals surface area (Å²) in [4.78, 5) is 46.5. The average molecular weight is 395 g/mol. The molecule has 1 fully saturated rings. The quantitative estimate of drug-likeness (QED) is 0.548. The fraction of sp³-hybridized carbons (Fsp3) is 0.571. The predicted octanol–water partition coefficient (Wildman–Crippen LogP) is -0.0692. The van der Waals surface area contributed by atoms with Crippen LogP contribution >= 0.6 is 23.2 Å². The van der Waals surface area contributed by atoms with Gasteiger partial charge in [-0.05, 0) is 0 Å². The first-order chi connectivity index (χ1) is 11.6. The van der Waals surface area contributed by atoms with Gasteiger partial charge in [-0.15, -0.1) is 11.6 Å². The number of rotatable bonds is 5. The topological polar surface area (TPSA) is 117 Å². The number of halogens is 2. The summed E-state index contributed by atoms with van der Waals surface area (Å²) in [6, 6.07) is 1.09. The number of H-pyrrole nitrogens is 1. The van der Waals surface area contributed by atoms with Crippen molar-refractivity contribution in [2.24, 2.45) is 0 Å². The normalized spacial score (nSPS) is 28.6. The predicted molar refractivity (Wildman–Crippen MR) is 86.7 cm³/mol. The highest BCUT2D eigenvalue weighted by Crippen LogP contribution is 2.44. The fourth-order valence-corrected chi connectivity index (χ4v) is 3.28. The number of alkyl halides is 2. The molecule has 1 aromatic heterocycles. The van der Waals surface area contributed by atoms with Crippen molar-refractivity contribution in [2.75, 3.05) is 19.1 Å². The molecule has 1 N–H and O–H groups in total. The van der Waals surface area contributed by atoms with Gasteiger partial charge in [0.25, 0.3) is 5.56 Å². The Hall–Kier alpha value is -1.84. The molecule has 0 amide bonds. The van der Waals surface area contributed by atoms with Gasteiger partial charge in [0, 0.05) is 26.1 Å². The summed E-state index contributed by atoms with van der Waals surface area (Å²) in [5.74, 6) is -1.52. The number of esters is 2. The third-order valence-corrected chi connectivity index (χ3v) is 4.64. The molecule has 9 nitrogen and oxygen atoms in total. The number of nitrogens with zero attached hydrogens (tertiary/aromatic N) is 1. The van der Waals surface area contributed by atoms with E-state index in [-0.39, 0.29) is 19.1 Å². The minimum absolute atomic E-state index is 0.231. The molecule has 138 valence electrons. The average Bonchev–Trinajstić information content (AvgIpc) is 2.79. The van der Waals surface area contributed by atoms with E-state index < -0.39 is 39.9 Å². The number of aromatic nitrogens is 2. The first kappa shape index (κ1) is 19.5. The number of aromatic amines is 1. The van der Waals surface area contributed by atoms with E-state index in [0.717, 1.165) is 23.8 Å². The minimum Gasteiger partial charge on any atom is -0.463 e. The van der Waals surface area contributed by atoms with Crippen molar-refractivity contribution in [3.05, 3.63) is 33.1 Å². The zero-order valence-electron chi connectivity index (χ0n) is 13.4. The van der Waals surface area contributed by atoms with Crippen molar-refractivity contribution < 1.29 is 23.8 Å². The van der Waals surface area contributed by atoms with Crippen LogP contribution in [0.5, 0.6) is 0 Å². The van der Waals surface area contributed by atoms with Crippen molar-refractivity contribution in [3.63, 3.8) is 0 Å². The lowest BCUT2D eigenvalue weighted by atomic mass is 9.96. The van der Waals surface area contributed by atoms with Crippen LogP contribution in [0.1, 0.15) is 13.8 Å². The first-order valence-corrected chi connectivity index (χ1v) is 8.08. The van der Waals surface area contributed by atoms with Gasteiger partial charge in [0.2, 0.25) is 0 Å². The number of ether oxygens (including phenoxy) is 3. The standard InChI is InChI=1S/C14H16Cl2N2O7/c1-8(19)23-6-13(5-15)11(25-9(2)20)14(16,7-24-13)18-4-3-10(21)17-12(18)22/h3-4,11H,5-7H2,1-2H3,(H,17,21,22)/t11-,13-,14-/m1/s1. The second-order valence-electron chi connectivity index (χ2n) is 5.56. The second-order valence-corrected chi connectivity index (χ2v) is 6.48. The maximum atomic E-state index is 12.1. The van der Waals surface area contributed by atoms with Crippen LogP contribution in [0.25, 0.3) is 0 Å². The van der Waals surface area contributed by atoms with E-state index in [1.165, 1.54) is 6.92 Å². The van der Waals surface area contributed by atoms with E-state index in [2.05, 4.69) is 4.98 Å². The molecule has 0 unspecified atom stereocenters. The number of hydrogen-bond donors (Lipinski definition) is 1. The summed E-state index contributed by atoms with van der Waals surface area (Å²) in [6.45, 7) is 1.72. The molecule has 25 heavy (non-hydrogen) atoms. The van der Waals surface area contributed by atoms with Gasteiger partial charge in [0.05, 0.1) is 12.5 Å². The SMILES string of the molecule is CC(=O)OC[C@@]1(CCl)OC[C@@](Cl)(n2ccc(=O)[nH]c2=O)[C@@H]1OC(C)=O. The summed E-state index contributed by atoms with van der Waals surface area (Å²) in [5.41, 5.74) is -2.90. The molecule has 2 rings (SSSR count). The van der Waals surface area contributed by atoms with Crippen LogP contribution in [0.3, 0.4) is 0 Å². The summed E-state index contributed by atoms with van der Waals surface area (Å²) in [7, 11) is 0. The van der Waals surface area contributed by atoms with Gasteiger partial charge in [-0.3, -0.25) is 23.9 Å². The molecule has 1 aliphatic rings. The van der Waals surface area contributed by atoms with Crippen molar-refractivity contribution >= 4 is 35.1 Å². The van der Waals surface area contributed by atoms with E-state index in [1.54, 1.807) is 0 Å². The second kappa shape index (κ2) is 7.19. The molecular weight excluding hydrogens is 379 g/mol. The smallest absolute Gasteiger partial charge is 0.330 e. The van der Waals surface area contributed by atoms with Crippen LogP contribution in [0.15, 0.2) is 21.9 Å². The molecule has 0 aromatic carbocycles. The van der Waals surface area contributed by atoms with Gasteiger partial charge in [0.15, 0.2) is 16.7 Å². The molecule has 3 atom stereocenters. The maximum Gasteiger partial charge on any atom is 0.330 e. The Kier molecular flexibility index (Phi) is 5.60. The number of nitrogens with one attached hydrogen (secondary N) is 1. The van der Waals surface area contributed by atoms with E-state index in [9.17, 15) is 19.2 Å². The molecule has 1 aliphatic heterocycles. The van der Waals surface area contributed by atoms with Crippen LogP contribution in [0, 0.1) is 0 Å². The molecular formula is C14H16Cl2N2O7. The van der Waals surface area contributed by atoms with Crippen LogP contribution in [-0.2, 0) is 28.8 Å². The van der Waals surface area contributed by atoms with E-state index in [4.69, 9.17) is 37.4 Å². The van der Waals surface area contributed by atoms with Crippen molar-refractivity contribution in [2.45, 2.75) is 30.6 Å². The Labute approximate surface area is 151 Å². The number of carbonyl (C=O) groups is 2. The monoisotopic (exact) mass is 394 g/mol. The van der Waals surface area contributed by atoms with Crippen LogP contribution in [0.2, 0.25) is 0 Å². The zero-order chi connectivity index (χ0) is 18.8. The van der Waals surface area contributed by atoms with E-state index >= 15 is 0 Å². The Morgan fingerprint density at radius 2 is 2.08 bits per heavy atom.